The zero-order chi connectivity index (χ0) is 16.7. The highest BCUT2D eigenvalue weighted by atomic mass is 79.9. The third-order valence-electron chi connectivity index (χ3n) is 2.73. The minimum atomic E-state index is -0.430. The number of hydrogen-bond acceptors (Lipinski definition) is 4. The Bertz CT molecular complexity index is 728. The SMILES string of the molecule is CCOc1ccccc1/C=C/C(=O)NNC(=O)c1ccc(Br)s1. The maximum Gasteiger partial charge on any atom is 0.279 e. The van der Waals surface area contributed by atoms with Crippen molar-refractivity contribution in [3.63, 3.8) is 0 Å². The van der Waals surface area contributed by atoms with Crippen molar-refractivity contribution in [3.05, 3.63) is 56.7 Å². The van der Waals surface area contributed by atoms with Crippen LogP contribution in [0.5, 0.6) is 5.75 Å². The fourth-order valence-electron chi connectivity index (χ4n) is 1.73. The van der Waals surface area contributed by atoms with Crippen LogP contribution in [0.25, 0.3) is 6.08 Å². The second-order valence-corrected chi connectivity index (χ2v) is 6.81. The van der Waals surface area contributed by atoms with Gasteiger partial charge in [0.2, 0.25) is 0 Å². The van der Waals surface area contributed by atoms with Crippen molar-refractivity contribution < 1.29 is 14.3 Å². The highest BCUT2D eigenvalue weighted by molar-refractivity contribution is 9.11. The summed E-state index contributed by atoms with van der Waals surface area (Å²) in [5.41, 5.74) is 5.48. The van der Waals surface area contributed by atoms with E-state index in [0.717, 1.165) is 9.35 Å². The molecule has 0 aliphatic heterocycles. The number of para-hydroxylation sites is 1. The van der Waals surface area contributed by atoms with Crippen LogP contribution in [0.1, 0.15) is 22.2 Å². The van der Waals surface area contributed by atoms with E-state index < -0.39 is 5.91 Å². The van der Waals surface area contributed by atoms with E-state index in [1.807, 2.05) is 31.2 Å². The van der Waals surface area contributed by atoms with Gasteiger partial charge < -0.3 is 4.74 Å². The Hall–Kier alpha value is -2.12. The van der Waals surface area contributed by atoms with Gasteiger partial charge in [0.1, 0.15) is 5.75 Å². The molecule has 0 spiro atoms. The number of ether oxygens (including phenoxy) is 1. The molecule has 120 valence electrons. The first-order chi connectivity index (χ1) is 11.1. The Morgan fingerprint density at radius 3 is 2.70 bits per heavy atom. The summed E-state index contributed by atoms with van der Waals surface area (Å²) >= 11 is 4.56. The smallest absolute Gasteiger partial charge is 0.279 e. The lowest BCUT2D eigenvalue weighted by Crippen LogP contribution is -2.40. The molecule has 0 unspecified atom stereocenters. The first kappa shape index (κ1) is 17.2. The van der Waals surface area contributed by atoms with Gasteiger partial charge in [0.05, 0.1) is 15.3 Å². The van der Waals surface area contributed by atoms with Crippen LogP contribution in [0.4, 0.5) is 0 Å². The molecular weight excluding hydrogens is 380 g/mol. The average Bonchev–Trinajstić information content (AvgIpc) is 2.98. The number of hydrazine groups is 1. The molecule has 1 aromatic heterocycles. The highest BCUT2D eigenvalue weighted by Gasteiger charge is 2.08. The molecule has 0 bridgehead atoms. The molecule has 0 radical (unpaired) electrons. The van der Waals surface area contributed by atoms with E-state index in [9.17, 15) is 9.59 Å². The Morgan fingerprint density at radius 2 is 2.00 bits per heavy atom. The van der Waals surface area contributed by atoms with Crippen LogP contribution >= 0.6 is 27.3 Å². The van der Waals surface area contributed by atoms with Crippen molar-refractivity contribution in [2.24, 2.45) is 0 Å². The van der Waals surface area contributed by atoms with Gasteiger partial charge in [-0.15, -0.1) is 11.3 Å². The third kappa shape index (κ3) is 5.22. The van der Waals surface area contributed by atoms with E-state index in [1.165, 1.54) is 17.4 Å². The van der Waals surface area contributed by atoms with Gasteiger partial charge >= 0.3 is 0 Å². The molecule has 23 heavy (non-hydrogen) atoms. The largest absolute Gasteiger partial charge is 0.493 e. The Morgan fingerprint density at radius 1 is 1.22 bits per heavy atom. The summed E-state index contributed by atoms with van der Waals surface area (Å²) in [6.07, 6.45) is 2.97. The Kier molecular flexibility index (Phi) is 6.37. The molecule has 2 aromatic rings. The minimum absolute atomic E-state index is 0.364. The number of nitrogens with one attached hydrogen (secondary N) is 2. The van der Waals surface area contributed by atoms with Crippen LogP contribution < -0.4 is 15.6 Å². The maximum atomic E-state index is 11.8. The van der Waals surface area contributed by atoms with Crippen LogP contribution in [0.15, 0.2) is 46.3 Å². The summed E-state index contributed by atoms with van der Waals surface area (Å²) in [6, 6.07) is 10.8. The van der Waals surface area contributed by atoms with Gasteiger partial charge in [0.15, 0.2) is 0 Å². The number of thiophene rings is 1. The Labute approximate surface area is 146 Å². The lowest BCUT2D eigenvalue weighted by Gasteiger charge is -2.06. The van der Waals surface area contributed by atoms with Gasteiger partial charge in [-0.1, -0.05) is 18.2 Å². The number of amides is 2. The molecule has 1 heterocycles. The third-order valence-corrected chi connectivity index (χ3v) is 4.35. The number of carbonyl (C=O) groups excluding carboxylic acids is 2. The van der Waals surface area contributed by atoms with E-state index in [-0.39, 0.29) is 5.91 Å². The summed E-state index contributed by atoms with van der Waals surface area (Å²) in [7, 11) is 0. The van der Waals surface area contributed by atoms with Crippen LogP contribution in [0.2, 0.25) is 0 Å². The summed E-state index contributed by atoms with van der Waals surface area (Å²) in [6.45, 7) is 2.44. The normalized spacial score (nSPS) is 10.5. The molecule has 0 aliphatic carbocycles. The van der Waals surface area contributed by atoms with Crippen molar-refractivity contribution in [1.29, 1.82) is 0 Å². The number of halogens is 1. The summed E-state index contributed by atoms with van der Waals surface area (Å²) in [5.74, 6) is -0.0936. The molecule has 2 N–H and O–H groups in total. The lowest BCUT2D eigenvalue weighted by atomic mass is 10.2. The van der Waals surface area contributed by atoms with Crippen LogP contribution in [-0.2, 0) is 4.79 Å². The summed E-state index contributed by atoms with van der Waals surface area (Å²) in [4.78, 5) is 24.1. The topological polar surface area (TPSA) is 67.4 Å². The Balaban J connectivity index is 1.91. The van der Waals surface area contributed by atoms with Gasteiger partial charge in [0, 0.05) is 11.6 Å². The molecule has 1 aromatic carbocycles. The van der Waals surface area contributed by atoms with Crippen molar-refractivity contribution in [2.75, 3.05) is 6.61 Å². The van der Waals surface area contributed by atoms with E-state index in [2.05, 4.69) is 26.8 Å². The number of hydrogen-bond donors (Lipinski definition) is 2. The zero-order valence-electron chi connectivity index (χ0n) is 12.3. The van der Waals surface area contributed by atoms with Crippen molar-refractivity contribution in [3.8, 4) is 5.75 Å². The molecule has 0 atom stereocenters. The second-order valence-electron chi connectivity index (χ2n) is 4.35. The van der Waals surface area contributed by atoms with E-state index in [1.54, 1.807) is 18.2 Å². The predicted octanol–water partition coefficient (Wildman–Crippen LogP) is 3.38. The quantitative estimate of drug-likeness (QED) is 0.603. The fraction of sp³-hybridized carbons (Fsp3) is 0.125. The van der Waals surface area contributed by atoms with Crippen molar-refractivity contribution >= 4 is 45.2 Å². The number of rotatable bonds is 5. The van der Waals surface area contributed by atoms with Gasteiger partial charge in [-0.05, 0) is 47.1 Å². The maximum absolute atomic E-state index is 11.8. The molecule has 7 heteroatoms. The van der Waals surface area contributed by atoms with Crippen LogP contribution in [0.3, 0.4) is 0 Å². The van der Waals surface area contributed by atoms with Crippen LogP contribution in [0, 0.1) is 0 Å². The lowest BCUT2D eigenvalue weighted by molar-refractivity contribution is -0.117. The van der Waals surface area contributed by atoms with E-state index in [4.69, 9.17) is 4.74 Å². The predicted molar refractivity (Wildman–Crippen MR) is 94.3 cm³/mol. The molecule has 0 saturated carbocycles. The molecule has 0 fully saturated rings. The van der Waals surface area contributed by atoms with Crippen molar-refractivity contribution in [2.45, 2.75) is 6.92 Å². The molecule has 5 nitrogen and oxygen atoms in total. The fourth-order valence-corrected chi connectivity index (χ4v) is 3.01. The standard InChI is InChI=1S/C16H15BrN2O3S/c1-2-22-12-6-4-3-5-11(12)7-10-15(20)18-19-16(21)13-8-9-14(17)23-13/h3-10H,2H2,1H3,(H,18,20)(H,19,21)/b10-7+. The number of carbonyl (C=O) groups is 2. The molecular formula is C16H15BrN2O3S. The van der Waals surface area contributed by atoms with Gasteiger partial charge in [-0.25, -0.2) is 0 Å². The van der Waals surface area contributed by atoms with Gasteiger partial charge in [-0.3, -0.25) is 20.4 Å². The van der Waals surface area contributed by atoms with E-state index >= 15 is 0 Å². The molecule has 0 saturated heterocycles. The van der Waals surface area contributed by atoms with Crippen LogP contribution in [-0.4, -0.2) is 18.4 Å². The zero-order valence-corrected chi connectivity index (χ0v) is 14.7. The summed E-state index contributed by atoms with van der Waals surface area (Å²) < 4.78 is 6.32. The summed E-state index contributed by atoms with van der Waals surface area (Å²) in [5, 5.41) is 0. The monoisotopic (exact) mass is 394 g/mol. The second kappa shape index (κ2) is 8.50. The molecule has 0 aliphatic rings. The molecule has 2 rings (SSSR count). The van der Waals surface area contributed by atoms with Gasteiger partial charge in [-0.2, -0.15) is 0 Å². The first-order valence-corrected chi connectivity index (χ1v) is 8.46. The average molecular weight is 395 g/mol. The van der Waals surface area contributed by atoms with E-state index in [0.29, 0.717) is 17.2 Å². The van der Waals surface area contributed by atoms with Gasteiger partial charge in [0.25, 0.3) is 11.8 Å². The highest BCUT2D eigenvalue weighted by Crippen LogP contribution is 2.21. The molecule has 2 amide bonds. The first-order valence-electron chi connectivity index (χ1n) is 6.85. The van der Waals surface area contributed by atoms with Crippen molar-refractivity contribution in [1.82, 2.24) is 10.9 Å². The number of benzene rings is 1. The minimum Gasteiger partial charge on any atom is -0.493 e.